The average Bonchev–Trinajstić information content (AvgIpc) is 2.26. The highest BCUT2D eigenvalue weighted by Gasteiger charge is 2.16. The molecule has 0 aliphatic carbocycles. The maximum absolute atomic E-state index is 13.0. The lowest BCUT2D eigenvalue weighted by Gasteiger charge is -2.21. The van der Waals surface area contributed by atoms with E-state index in [1.807, 2.05) is 6.07 Å². The molecular formula is C13H18ClFO. The summed E-state index contributed by atoms with van der Waals surface area (Å²) in [6.07, 6.45) is 0.797. The molecule has 0 bridgehead atoms. The summed E-state index contributed by atoms with van der Waals surface area (Å²) in [5, 5.41) is 0. The molecule has 0 amide bonds. The first-order chi connectivity index (χ1) is 7.67. The number of ether oxygens (including phenoxy) is 1. The molecule has 2 unspecified atom stereocenters. The standard InChI is InChI=1S/C13H18ClFO/c1-10(9-16-2)12(8-14)6-11-4-3-5-13(15)7-11/h3-5,7,10,12H,6,8-9H2,1-2H3. The number of halogens is 2. The minimum Gasteiger partial charge on any atom is -0.384 e. The van der Waals surface area contributed by atoms with Crippen LogP contribution in [-0.2, 0) is 11.2 Å². The van der Waals surface area contributed by atoms with Gasteiger partial charge in [-0.05, 0) is 36.0 Å². The molecule has 0 N–H and O–H groups in total. The van der Waals surface area contributed by atoms with Gasteiger partial charge in [-0.1, -0.05) is 19.1 Å². The summed E-state index contributed by atoms with van der Waals surface area (Å²) < 4.78 is 18.1. The van der Waals surface area contributed by atoms with Crippen LogP contribution in [0.2, 0.25) is 0 Å². The molecule has 16 heavy (non-hydrogen) atoms. The molecule has 0 saturated carbocycles. The van der Waals surface area contributed by atoms with E-state index < -0.39 is 0 Å². The van der Waals surface area contributed by atoms with Crippen molar-refractivity contribution >= 4 is 11.6 Å². The third kappa shape index (κ3) is 4.11. The number of hydrogen-bond acceptors (Lipinski definition) is 1. The van der Waals surface area contributed by atoms with Gasteiger partial charge < -0.3 is 4.74 Å². The van der Waals surface area contributed by atoms with Gasteiger partial charge in [0.25, 0.3) is 0 Å². The number of methoxy groups -OCH3 is 1. The van der Waals surface area contributed by atoms with E-state index >= 15 is 0 Å². The van der Waals surface area contributed by atoms with Crippen LogP contribution in [0.15, 0.2) is 24.3 Å². The first kappa shape index (κ1) is 13.5. The molecule has 2 atom stereocenters. The molecule has 1 aromatic carbocycles. The van der Waals surface area contributed by atoms with Gasteiger partial charge in [-0.25, -0.2) is 4.39 Å². The van der Waals surface area contributed by atoms with Crippen molar-refractivity contribution in [3.8, 4) is 0 Å². The van der Waals surface area contributed by atoms with Crippen molar-refractivity contribution in [1.82, 2.24) is 0 Å². The summed E-state index contributed by atoms with van der Waals surface area (Å²) in [7, 11) is 1.68. The molecule has 1 nitrogen and oxygen atoms in total. The number of rotatable bonds is 6. The summed E-state index contributed by atoms with van der Waals surface area (Å²) in [6.45, 7) is 2.79. The van der Waals surface area contributed by atoms with Gasteiger partial charge in [-0.3, -0.25) is 0 Å². The monoisotopic (exact) mass is 244 g/mol. The average molecular weight is 245 g/mol. The normalized spacial score (nSPS) is 14.8. The Morgan fingerprint density at radius 2 is 2.19 bits per heavy atom. The van der Waals surface area contributed by atoms with Crippen LogP contribution in [0, 0.1) is 17.7 Å². The fraction of sp³-hybridized carbons (Fsp3) is 0.538. The Bertz CT molecular complexity index is 317. The Hall–Kier alpha value is -0.600. The minimum atomic E-state index is -0.190. The predicted molar refractivity (Wildman–Crippen MR) is 65.4 cm³/mol. The van der Waals surface area contributed by atoms with Crippen molar-refractivity contribution in [3.63, 3.8) is 0 Å². The molecule has 1 rings (SSSR count). The van der Waals surface area contributed by atoms with Crippen LogP contribution >= 0.6 is 11.6 Å². The Labute approximate surface area is 102 Å². The number of hydrogen-bond donors (Lipinski definition) is 0. The fourth-order valence-electron chi connectivity index (χ4n) is 1.77. The SMILES string of the molecule is COCC(C)C(CCl)Cc1cccc(F)c1. The zero-order chi connectivity index (χ0) is 12.0. The molecular weight excluding hydrogens is 227 g/mol. The van der Waals surface area contributed by atoms with Crippen LogP contribution < -0.4 is 0 Å². The van der Waals surface area contributed by atoms with Crippen molar-refractivity contribution in [2.24, 2.45) is 11.8 Å². The molecule has 0 heterocycles. The van der Waals surface area contributed by atoms with Crippen LogP contribution in [0.5, 0.6) is 0 Å². The van der Waals surface area contributed by atoms with E-state index in [-0.39, 0.29) is 5.82 Å². The molecule has 0 spiro atoms. The largest absolute Gasteiger partial charge is 0.384 e. The molecule has 0 aliphatic rings. The molecule has 0 radical (unpaired) electrons. The third-order valence-electron chi connectivity index (χ3n) is 2.82. The van der Waals surface area contributed by atoms with Gasteiger partial charge in [0.05, 0.1) is 0 Å². The second kappa shape index (κ2) is 6.87. The highest BCUT2D eigenvalue weighted by Crippen LogP contribution is 2.20. The maximum Gasteiger partial charge on any atom is 0.123 e. The van der Waals surface area contributed by atoms with Crippen molar-refractivity contribution in [2.45, 2.75) is 13.3 Å². The van der Waals surface area contributed by atoms with E-state index in [2.05, 4.69) is 6.92 Å². The predicted octanol–water partition coefficient (Wildman–Crippen LogP) is 3.51. The number of alkyl halides is 1. The Morgan fingerprint density at radius 3 is 2.75 bits per heavy atom. The van der Waals surface area contributed by atoms with Crippen molar-refractivity contribution in [2.75, 3.05) is 19.6 Å². The van der Waals surface area contributed by atoms with Crippen molar-refractivity contribution < 1.29 is 9.13 Å². The molecule has 3 heteroatoms. The van der Waals surface area contributed by atoms with Crippen LogP contribution in [0.4, 0.5) is 4.39 Å². The summed E-state index contributed by atoms with van der Waals surface area (Å²) in [4.78, 5) is 0. The summed E-state index contributed by atoms with van der Waals surface area (Å²) in [5.41, 5.74) is 0.994. The Kier molecular flexibility index (Phi) is 5.78. The van der Waals surface area contributed by atoms with E-state index in [0.717, 1.165) is 12.0 Å². The van der Waals surface area contributed by atoms with Crippen molar-refractivity contribution in [1.29, 1.82) is 0 Å². The Morgan fingerprint density at radius 1 is 1.44 bits per heavy atom. The fourth-order valence-corrected chi connectivity index (χ4v) is 2.19. The van der Waals surface area contributed by atoms with Gasteiger partial charge in [0.2, 0.25) is 0 Å². The second-order valence-electron chi connectivity index (χ2n) is 4.18. The Balaban J connectivity index is 2.62. The molecule has 90 valence electrons. The number of benzene rings is 1. The summed E-state index contributed by atoms with van der Waals surface area (Å²) in [5.74, 6) is 1.08. The van der Waals surface area contributed by atoms with E-state index in [1.54, 1.807) is 19.2 Å². The van der Waals surface area contributed by atoms with Crippen LogP contribution in [0.25, 0.3) is 0 Å². The zero-order valence-electron chi connectivity index (χ0n) is 9.75. The molecule has 1 aromatic rings. The van der Waals surface area contributed by atoms with E-state index in [4.69, 9.17) is 16.3 Å². The maximum atomic E-state index is 13.0. The highest BCUT2D eigenvalue weighted by atomic mass is 35.5. The van der Waals surface area contributed by atoms with Gasteiger partial charge in [-0.15, -0.1) is 11.6 Å². The lowest BCUT2D eigenvalue weighted by Crippen LogP contribution is -2.20. The van der Waals surface area contributed by atoms with Crippen molar-refractivity contribution in [3.05, 3.63) is 35.6 Å². The lowest BCUT2D eigenvalue weighted by atomic mass is 9.90. The molecule has 0 fully saturated rings. The minimum absolute atomic E-state index is 0.190. The summed E-state index contributed by atoms with van der Waals surface area (Å²) >= 11 is 5.94. The molecule has 0 aliphatic heterocycles. The smallest absolute Gasteiger partial charge is 0.123 e. The van der Waals surface area contributed by atoms with Gasteiger partial charge in [0.15, 0.2) is 0 Å². The zero-order valence-corrected chi connectivity index (χ0v) is 10.5. The molecule has 0 aromatic heterocycles. The topological polar surface area (TPSA) is 9.23 Å². The van der Waals surface area contributed by atoms with E-state index in [1.165, 1.54) is 6.07 Å². The van der Waals surface area contributed by atoms with Gasteiger partial charge >= 0.3 is 0 Å². The van der Waals surface area contributed by atoms with Gasteiger partial charge in [0.1, 0.15) is 5.82 Å². The van der Waals surface area contributed by atoms with E-state index in [9.17, 15) is 4.39 Å². The lowest BCUT2D eigenvalue weighted by molar-refractivity contribution is 0.135. The van der Waals surface area contributed by atoms with Gasteiger partial charge in [0, 0.05) is 19.6 Å². The quantitative estimate of drug-likeness (QED) is 0.696. The summed E-state index contributed by atoms with van der Waals surface area (Å²) in [6, 6.07) is 6.69. The highest BCUT2D eigenvalue weighted by molar-refractivity contribution is 6.18. The van der Waals surface area contributed by atoms with Crippen LogP contribution in [0.3, 0.4) is 0 Å². The molecule has 0 saturated heterocycles. The second-order valence-corrected chi connectivity index (χ2v) is 4.49. The van der Waals surface area contributed by atoms with Crippen LogP contribution in [0.1, 0.15) is 12.5 Å². The third-order valence-corrected chi connectivity index (χ3v) is 3.22. The van der Waals surface area contributed by atoms with Crippen LogP contribution in [-0.4, -0.2) is 19.6 Å². The first-order valence-electron chi connectivity index (χ1n) is 5.46. The first-order valence-corrected chi connectivity index (χ1v) is 6.00. The van der Waals surface area contributed by atoms with Gasteiger partial charge in [-0.2, -0.15) is 0 Å². The van der Waals surface area contributed by atoms with E-state index in [0.29, 0.717) is 24.3 Å².